The highest BCUT2D eigenvalue weighted by molar-refractivity contribution is 5.92. The van der Waals surface area contributed by atoms with Crippen LogP contribution in [-0.4, -0.2) is 10.9 Å². The number of amides is 1. The maximum absolute atomic E-state index is 10.4. The molecule has 4 nitrogen and oxygen atoms in total. The number of ether oxygens (including phenoxy) is 1. The van der Waals surface area contributed by atoms with Crippen molar-refractivity contribution in [1.29, 1.82) is 0 Å². The zero-order chi connectivity index (χ0) is 15.6. The van der Waals surface area contributed by atoms with Gasteiger partial charge in [0.25, 0.3) is 0 Å². The van der Waals surface area contributed by atoms with Crippen LogP contribution in [0.15, 0.2) is 85.1 Å². The molecule has 0 spiro atoms. The van der Waals surface area contributed by atoms with Gasteiger partial charge in [0.2, 0.25) is 11.8 Å². The summed E-state index contributed by atoms with van der Waals surface area (Å²) in [5.41, 5.74) is 5.53. The van der Waals surface area contributed by atoms with Crippen molar-refractivity contribution in [3.8, 4) is 11.6 Å². The first-order chi connectivity index (χ1) is 10.8. The van der Waals surface area contributed by atoms with Crippen molar-refractivity contribution in [2.24, 2.45) is 5.73 Å². The van der Waals surface area contributed by atoms with Crippen molar-refractivity contribution in [1.82, 2.24) is 4.98 Å². The van der Waals surface area contributed by atoms with Crippen LogP contribution in [0.25, 0.3) is 0 Å². The molecule has 0 unspecified atom stereocenters. The number of rotatable bonds is 3. The van der Waals surface area contributed by atoms with Crippen molar-refractivity contribution in [3.63, 3.8) is 0 Å². The molecule has 3 rings (SSSR count). The Morgan fingerprint density at radius 3 is 1.91 bits per heavy atom. The van der Waals surface area contributed by atoms with Gasteiger partial charge in [0, 0.05) is 17.8 Å². The number of carbonyl (C=O) groups is 1. The van der Waals surface area contributed by atoms with E-state index in [-0.39, 0.29) is 5.91 Å². The van der Waals surface area contributed by atoms with E-state index in [2.05, 4.69) is 4.98 Å². The van der Waals surface area contributed by atoms with Gasteiger partial charge in [-0.3, -0.25) is 4.79 Å². The van der Waals surface area contributed by atoms with E-state index < -0.39 is 0 Å². The zero-order valence-corrected chi connectivity index (χ0v) is 11.9. The highest BCUT2D eigenvalue weighted by Gasteiger charge is 1.94. The number of primary amides is 1. The summed E-state index contributed by atoms with van der Waals surface area (Å²) < 4.78 is 5.47. The van der Waals surface area contributed by atoms with Crippen molar-refractivity contribution >= 4 is 5.91 Å². The Hall–Kier alpha value is -3.14. The van der Waals surface area contributed by atoms with E-state index in [1.165, 1.54) is 0 Å². The molecule has 1 heterocycles. The van der Waals surface area contributed by atoms with E-state index in [1.807, 2.05) is 54.6 Å². The molecule has 0 atom stereocenters. The van der Waals surface area contributed by atoms with Gasteiger partial charge in [-0.1, -0.05) is 42.5 Å². The van der Waals surface area contributed by atoms with Crippen LogP contribution in [0.2, 0.25) is 0 Å². The Labute approximate surface area is 129 Å². The van der Waals surface area contributed by atoms with E-state index >= 15 is 0 Å². The number of carbonyl (C=O) groups excluding carboxylic acids is 1. The number of aromatic nitrogens is 1. The normalized spacial score (nSPS) is 9.27. The molecule has 4 heteroatoms. The minimum Gasteiger partial charge on any atom is -0.439 e. The average Bonchev–Trinajstić information content (AvgIpc) is 2.58. The largest absolute Gasteiger partial charge is 0.439 e. The average molecular weight is 292 g/mol. The number of benzene rings is 2. The second kappa shape index (κ2) is 8.21. The van der Waals surface area contributed by atoms with Gasteiger partial charge >= 0.3 is 0 Å². The Morgan fingerprint density at radius 2 is 1.41 bits per heavy atom. The minimum atomic E-state index is -0.379. The predicted molar refractivity (Wildman–Crippen MR) is 85.7 cm³/mol. The Balaban J connectivity index is 0.000000172. The van der Waals surface area contributed by atoms with Crippen molar-refractivity contribution in [2.45, 2.75) is 0 Å². The third-order valence-electron chi connectivity index (χ3n) is 2.66. The smallest absolute Gasteiger partial charge is 0.248 e. The van der Waals surface area contributed by atoms with E-state index in [4.69, 9.17) is 10.5 Å². The quantitative estimate of drug-likeness (QED) is 0.801. The topological polar surface area (TPSA) is 65.2 Å². The van der Waals surface area contributed by atoms with Crippen molar-refractivity contribution in [2.75, 3.05) is 0 Å². The summed E-state index contributed by atoms with van der Waals surface area (Å²) in [7, 11) is 0. The standard InChI is InChI=1S/C11H9NO.C7H7NO/c1-2-6-10(7-3-1)13-11-8-4-5-9-12-11;8-7(9)6-4-2-1-3-5-6/h1-9H;1-5H,(H2,8,9). The molecule has 0 fully saturated rings. The monoisotopic (exact) mass is 292 g/mol. The molecule has 2 aromatic carbocycles. The lowest BCUT2D eigenvalue weighted by atomic mass is 10.2. The van der Waals surface area contributed by atoms with Gasteiger partial charge in [0.15, 0.2) is 0 Å². The highest BCUT2D eigenvalue weighted by atomic mass is 16.5. The summed E-state index contributed by atoms with van der Waals surface area (Å²) in [5, 5.41) is 0. The lowest BCUT2D eigenvalue weighted by Gasteiger charge is -2.02. The van der Waals surface area contributed by atoms with Gasteiger partial charge in [0.05, 0.1) is 0 Å². The Kier molecular flexibility index (Phi) is 5.70. The van der Waals surface area contributed by atoms with E-state index in [1.54, 1.807) is 30.5 Å². The number of hydrogen-bond donors (Lipinski definition) is 1. The summed E-state index contributed by atoms with van der Waals surface area (Å²) in [6, 6.07) is 23.9. The van der Waals surface area contributed by atoms with Crippen LogP contribution in [0, 0.1) is 0 Å². The molecule has 0 radical (unpaired) electrons. The van der Waals surface area contributed by atoms with Crippen LogP contribution in [-0.2, 0) is 0 Å². The summed E-state index contributed by atoms with van der Waals surface area (Å²) in [5.74, 6) is 1.05. The lowest BCUT2D eigenvalue weighted by Crippen LogP contribution is -2.09. The van der Waals surface area contributed by atoms with Crippen LogP contribution in [0.1, 0.15) is 10.4 Å². The second-order valence-electron chi connectivity index (χ2n) is 4.31. The van der Waals surface area contributed by atoms with Crippen molar-refractivity contribution < 1.29 is 9.53 Å². The number of para-hydroxylation sites is 1. The molecule has 22 heavy (non-hydrogen) atoms. The maximum Gasteiger partial charge on any atom is 0.248 e. The van der Waals surface area contributed by atoms with Crippen LogP contribution < -0.4 is 10.5 Å². The highest BCUT2D eigenvalue weighted by Crippen LogP contribution is 2.17. The molecule has 1 aromatic heterocycles. The molecule has 0 aliphatic heterocycles. The Morgan fingerprint density at radius 1 is 0.818 bits per heavy atom. The minimum absolute atomic E-state index is 0.379. The first-order valence-electron chi connectivity index (χ1n) is 6.74. The lowest BCUT2D eigenvalue weighted by molar-refractivity contribution is 0.100. The molecule has 0 aliphatic rings. The fourth-order valence-electron chi connectivity index (χ4n) is 1.62. The van der Waals surface area contributed by atoms with Crippen molar-refractivity contribution in [3.05, 3.63) is 90.6 Å². The number of nitrogens with zero attached hydrogens (tertiary/aromatic N) is 1. The van der Waals surface area contributed by atoms with Gasteiger partial charge in [-0.05, 0) is 30.3 Å². The molecule has 0 bridgehead atoms. The summed E-state index contributed by atoms with van der Waals surface area (Å²) in [6.07, 6.45) is 1.71. The fraction of sp³-hybridized carbons (Fsp3) is 0. The summed E-state index contributed by atoms with van der Waals surface area (Å²) in [6.45, 7) is 0. The van der Waals surface area contributed by atoms with Crippen LogP contribution in [0.4, 0.5) is 0 Å². The van der Waals surface area contributed by atoms with Crippen LogP contribution in [0.3, 0.4) is 0 Å². The third kappa shape index (κ3) is 5.09. The molecule has 110 valence electrons. The molecule has 3 aromatic rings. The van der Waals surface area contributed by atoms with E-state index in [0.29, 0.717) is 11.4 Å². The second-order valence-corrected chi connectivity index (χ2v) is 4.31. The maximum atomic E-state index is 10.4. The zero-order valence-electron chi connectivity index (χ0n) is 11.9. The molecule has 0 saturated heterocycles. The van der Waals surface area contributed by atoms with Gasteiger partial charge in [-0.25, -0.2) is 4.98 Å². The molecular weight excluding hydrogens is 276 g/mol. The number of nitrogens with two attached hydrogens (primary N) is 1. The van der Waals surface area contributed by atoms with E-state index in [0.717, 1.165) is 5.75 Å². The van der Waals surface area contributed by atoms with Gasteiger partial charge in [0.1, 0.15) is 5.75 Å². The van der Waals surface area contributed by atoms with Crippen LogP contribution in [0.5, 0.6) is 11.6 Å². The molecule has 0 saturated carbocycles. The van der Waals surface area contributed by atoms with Crippen LogP contribution >= 0.6 is 0 Å². The molecular formula is C18H16N2O2. The molecule has 2 N–H and O–H groups in total. The molecule has 0 aliphatic carbocycles. The summed E-state index contributed by atoms with van der Waals surface area (Å²) in [4.78, 5) is 14.5. The van der Waals surface area contributed by atoms with Gasteiger partial charge in [-0.15, -0.1) is 0 Å². The number of hydrogen-bond acceptors (Lipinski definition) is 3. The fourth-order valence-corrected chi connectivity index (χ4v) is 1.62. The third-order valence-corrected chi connectivity index (χ3v) is 2.66. The predicted octanol–water partition coefficient (Wildman–Crippen LogP) is 3.66. The van der Waals surface area contributed by atoms with E-state index in [9.17, 15) is 4.79 Å². The first-order valence-corrected chi connectivity index (χ1v) is 6.74. The summed E-state index contributed by atoms with van der Waals surface area (Å²) >= 11 is 0. The SMILES string of the molecule is NC(=O)c1ccccc1.c1ccc(Oc2ccccn2)cc1. The van der Waals surface area contributed by atoms with Gasteiger partial charge < -0.3 is 10.5 Å². The van der Waals surface area contributed by atoms with Gasteiger partial charge in [-0.2, -0.15) is 0 Å². The Bertz CT molecular complexity index is 649. The number of pyridine rings is 1. The first kappa shape index (κ1) is 15.3. The molecule has 1 amide bonds.